The van der Waals surface area contributed by atoms with E-state index in [0.29, 0.717) is 11.7 Å². The van der Waals surface area contributed by atoms with Crippen LogP contribution in [0.2, 0.25) is 0 Å². The van der Waals surface area contributed by atoms with Crippen molar-refractivity contribution in [3.05, 3.63) is 34.9 Å². The Bertz CT molecular complexity index is 379. The number of hydrogen-bond donors (Lipinski definition) is 0. The number of hydrogen-bond acceptors (Lipinski definition) is 1. The predicted octanol–water partition coefficient (Wildman–Crippen LogP) is 3.72. The summed E-state index contributed by atoms with van der Waals surface area (Å²) in [5, 5.41) is 0. The van der Waals surface area contributed by atoms with Crippen LogP contribution in [-0.4, -0.2) is 5.78 Å². The lowest BCUT2D eigenvalue weighted by Gasteiger charge is -2.24. The molecule has 1 aliphatic carbocycles. The van der Waals surface area contributed by atoms with E-state index in [1.807, 2.05) is 0 Å². The highest BCUT2D eigenvalue weighted by atomic mass is 16.1. The smallest absolute Gasteiger partial charge is 0.163 e. The first kappa shape index (κ1) is 10.4. The molecule has 1 aromatic rings. The molecule has 0 saturated carbocycles. The Morgan fingerprint density at radius 3 is 2.80 bits per heavy atom. The van der Waals surface area contributed by atoms with Gasteiger partial charge < -0.3 is 0 Å². The van der Waals surface area contributed by atoms with Gasteiger partial charge in [0, 0.05) is 12.0 Å². The summed E-state index contributed by atoms with van der Waals surface area (Å²) in [5.41, 5.74) is 3.55. The summed E-state index contributed by atoms with van der Waals surface area (Å²) >= 11 is 0. The van der Waals surface area contributed by atoms with Crippen LogP contribution >= 0.6 is 0 Å². The lowest BCUT2D eigenvalue weighted by molar-refractivity contribution is 0.0966. The number of ketones is 1. The van der Waals surface area contributed by atoms with Gasteiger partial charge in [-0.15, -0.1) is 0 Å². The van der Waals surface area contributed by atoms with Gasteiger partial charge in [0.2, 0.25) is 0 Å². The standard InChI is InChI=1S/C14H18O/c1-3-10-5-7-12-11(4-2)6-8-14(15)13(12)9-10/h5,7,9,11H,3-4,6,8H2,1-2H3. The summed E-state index contributed by atoms with van der Waals surface area (Å²) in [5.74, 6) is 0.939. The molecule has 15 heavy (non-hydrogen) atoms. The lowest BCUT2D eigenvalue weighted by atomic mass is 9.80. The molecule has 1 atom stereocenters. The quantitative estimate of drug-likeness (QED) is 0.714. The molecule has 0 amide bonds. The summed E-state index contributed by atoms with van der Waals surface area (Å²) in [6.07, 6.45) is 3.93. The van der Waals surface area contributed by atoms with Crippen LogP contribution in [0.25, 0.3) is 0 Å². The minimum absolute atomic E-state index is 0.338. The summed E-state index contributed by atoms with van der Waals surface area (Å²) < 4.78 is 0. The molecular weight excluding hydrogens is 184 g/mol. The molecule has 0 heterocycles. The molecule has 0 radical (unpaired) electrons. The summed E-state index contributed by atoms with van der Waals surface area (Å²) in [6.45, 7) is 4.34. The lowest BCUT2D eigenvalue weighted by Crippen LogP contribution is -2.15. The zero-order valence-corrected chi connectivity index (χ0v) is 9.55. The molecule has 1 unspecified atom stereocenters. The number of aryl methyl sites for hydroxylation is 1. The normalized spacial score (nSPS) is 20.1. The van der Waals surface area contributed by atoms with Crippen LogP contribution in [0, 0.1) is 0 Å². The predicted molar refractivity (Wildman–Crippen MR) is 62.4 cm³/mol. The Morgan fingerprint density at radius 2 is 2.13 bits per heavy atom. The molecule has 0 N–H and O–H groups in total. The van der Waals surface area contributed by atoms with Crippen LogP contribution in [0.15, 0.2) is 18.2 Å². The number of carbonyl (C=O) groups excluding carboxylic acids is 1. The van der Waals surface area contributed by atoms with E-state index in [2.05, 4.69) is 32.0 Å². The van der Waals surface area contributed by atoms with Gasteiger partial charge in [0.1, 0.15) is 0 Å². The third-order valence-electron chi connectivity index (χ3n) is 3.48. The van der Waals surface area contributed by atoms with Crippen LogP contribution in [0.4, 0.5) is 0 Å². The van der Waals surface area contributed by atoms with Gasteiger partial charge in [-0.3, -0.25) is 4.79 Å². The van der Waals surface area contributed by atoms with E-state index >= 15 is 0 Å². The molecule has 1 heteroatoms. The first-order valence-corrected chi connectivity index (χ1v) is 5.92. The molecule has 0 saturated heterocycles. The van der Waals surface area contributed by atoms with Crippen molar-refractivity contribution in [1.29, 1.82) is 0 Å². The van der Waals surface area contributed by atoms with Crippen molar-refractivity contribution in [3.63, 3.8) is 0 Å². The summed E-state index contributed by atoms with van der Waals surface area (Å²) in [6, 6.07) is 6.43. The number of fused-ring (bicyclic) bond motifs is 1. The second-order valence-corrected chi connectivity index (χ2v) is 4.34. The largest absolute Gasteiger partial charge is 0.294 e. The Hall–Kier alpha value is -1.11. The maximum atomic E-state index is 11.8. The molecule has 0 bridgehead atoms. The molecule has 0 fully saturated rings. The van der Waals surface area contributed by atoms with Crippen LogP contribution in [0.1, 0.15) is 60.5 Å². The number of rotatable bonds is 2. The number of carbonyl (C=O) groups is 1. The van der Waals surface area contributed by atoms with Crippen LogP contribution in [0.5, 0.6) is 0 Å². The fourth-order valence-electron chi connectivity index (χ4n) is 2.44. The van der Waals surface area contributed by atoms with Gasteiger partial charge in [-0.25, -0.2) is 0 Å². The monoisotopic (exact) mass is 202 g/mol. The highest BCUT2D eigenvalue weighted by molar-refractivity contribution is 5.99. The molecule has 80 valence electrons. The molecule has 1 nitrogen and oxygen atoms in total. The average Bonchev–Trinajstić information content (AvgIpc) is 2.29. The van der Waals surface area contributed by atoms with Crippen molar-refractivity contribution >= 4 is 5.78 Å². The number of benzene rings is 1. The van der Waals surface area contributed by atoms with E-state index in [4.69, 9.17) is 0 Å². The second kappa shape index (κ2) is 4.18. The second-order valence-electron chi connectivity index (χ2n) is 4.34. The molecule has 0 aromatic heterocycles. The van der Waals surface area contributed by atoms with Crippen LogP contribution in [-0.2, 0) is 6.42 Å². The first-order chi connectivity index (χ1) is 7.26. The van der Waals surface area contributed by atoms with Crippen molar-refractivity contribution < 1.29 is 4.79 Å². The average molecular weight is 202 g/mol. The molecule has 1 aromatic carbocycles. The van der Waals surface area contributed by atoms with Gasteiger partial charge in [-0.1, -0.05) is 26.0 Å². The van der Waals surface area contributed by atoms with Gasteiger partial charge in [0.05, 0.1) is 0 Å². The van der Waals surface area contributed by atoms with Crippen LogP contribution in [0.3, 0.4) is 0 Å². The highest BCUT2D eigenvalue weighted by Crippen LogP contribution is 2.34. The molecule has 0 spiro atoms. The van der Waals surface area contributed by atoms with E-state index in [-0.39, 0.29) is 0 Å². The highest BCUT2D eigenvalue weighted by Gasteiger charge is 2.24. The van der Waals surface area contributed by atoms with Crippen molar-refractivity contribution in [2.45, 2.75) is 45.4 Å². The first-order valence-electron chi connectivity index (χ1n) is 5.92. The van der Waals surface area contributed by atoms with Crippen LogP contribution < -0.4 is 0 Å². The Kier molecular flexibility index (Phi) is 2.90. The van der Waals surface area contributed by atoms with Gasteiger partial charge >= 0.3 is 0 Å². The SMILES string of the molecule is CCc1ccc2c(c1)C(=O)CCC2CC. The molecule has 0 aliphatic heterocycles. The van der Waals surface area contributed by atoms with E-state index in [9.17, 15) is 4.79 Å². The maximum absolute atomic E-state index is 11.8. The Balaban J connectivity index is 2.47. The fourth-order valence-corrected chi connectivity index (χ4v) is 2.44. The Morgan fingerprint density at radius 1 is 1.33 bits per heavy atom. The van der Waals surface area contributed by atoms with Crippen molar-refractivity contribution in [3.8, 4) is 0 Å². The van der Waals surface area contributed by atoms with Gasteiger partial charge in [0.15, 0.2) is 5.78 Å². The zero-order chi connectivity index (χ0) is 10.8. The summed E-state index contributed by atoms with van der Waals surface area (Å²) in [4.78, 5) is 11.8. The minimum atomic E-state index is 0.338. The minimum Gasteiger partial charge on any atom is -0.294 e. The van der Waals surface area contributed by atoms with Crippen molar-refractivity contribution in [1.82, 2.24) is 0 Å². The third-order valence-corrected chi connectivity index (χ3v) is 3.48. The zero-order valence-electron chi connectivity index (χ0n) is 9.55. The molecule has 1 aliphatic rings. The van der Waals surface area contributed by atoms with E-state index in [1.54, 1.807) is 0 Å². The topological polar surface area (TPSA) is 17.1 Å². The summed E-state index contributed by atoms with van der Waals surface area (Å²) in [7, 11) is 0. The van der Waals surface area contributed by atoms with Gasteiger partial charge in [-0.05, 0) is 42.4 Å². The molecular formula is C14H18O. The van der Waals surface area contributed by atoms with Gasteiger partial charge in [0.25, 0.3) is 0 Å². The molecule has 2 rings (SSSR count). The van der Waals surface area contributed by atoms with E-state index < -0.39 is 0 Å². The fraction of sp³-hybridized carbons (Fsp3) is 0.500. The third kappa shape index (κ3) is 1.83. The number of Topliss-reactive ketones (excluding diaryl/α,β-unsaturated/α-hetero) is 1. The van der Waals surface area contributed by atoms with Crippen molar-refractivity contribution in [2.75, 3.05) is 0 Å². The Labute approximate surface area is 91.5 Å². The van der Waals surface area contributed by atoms with E-state index in [0.717, 1.165) is 31.2 Å². The van der Waals surface area contributed by atoms with Gasteiger partial charge in [-0.2, -0.15) is 0 Å². The van der Waals surface area contributed by atoms with Crippen molar-refractivity contribution in [2.24, 2.45) is 0 Å². The van der Waals surface area contributed by atoms with E-state index in [1.165, 1.54) is 11.1 Å². The maximum Gasteiger partial charge on any atom is 0.163 e.